The lowest BCUT2D eigenvalue weighted by Gasteiger charge is -2.03. The summed E-state index contributed by atoms with van der Waals surface area (Å²) in [6.07, 6.45) is 3.43. The molecule has 0 radical (unpaired) electrons. The Kier molecular flexibility index (Phi) is 3.61. The third-order valence-electron chi connectivity index (χ3n) is 3.47. The first-order valence-electron chi connectivity index (χ1n) is 7.04. The number of aryl methyl sites for hydroxylation is 1. The molecule has 0 aliphatic heterocycles. The second kappa shape index (κ2) is 5.60. The van der Waals surface area contributed by atoms with Gasteiger partial charge in [0.1, 0.15) is 5.82 Å². The third-order valence-corrected chi connectivity index (χ3v) is 3.47. The van der Waals surface area contributed by atoms with Crippen LogP contribution < -0.4 is 5.73 Å². The van der Waals surface area contributed by atoms with Gasteiger partial charge in [0.2, 0.25) is 0 Å². The third kappa shape index (κ3) is 2.80. The highest BCUT2D eigenvalue weighted by Gasteiger charge is 2.16. The molecular weight excluding hydrogens is 294 g/mol. The van der Waals surface area contributed by atoms with E-state index < -0.39 is 5.91 Å². The first kappa shape index (κ1) is 14.8. The molecule has 2 aromatic heterocycles. The molecule has 0 saturated carbocycles. The molecule has 0 spiro atoms. The molecule has 7 nitrogen and oxygen atoms in total. The zero-order valence-electron chi connectivity index (χ0n) is 12.8. The van der Waals surface area contributed by atoms with Crippen molar-refractivity contribution in [3.05, 3.63) is 42.1 Å². The molecule has 3 rings (SSSR count). The van der Waals surface area contributed by atoms with Gasteiger partial charge in [-0.25, -0.2) is 9.97 Å². The van der Waals surface area contributed by atoms with Crippen molar-refractivity contribution in [2.45, 2.75) is 20.4 Å². The molecule has 3 aromatic rings. The van der Waals surface area contributed by atoms with E-state index in [9.17, 15) is 9.59 Å². The minimum absolute atomic E-state index is 0.0542. The number of Topliss-reactive ketones (excluding diaryl/α,β-unsaturated/α-hetero) is 1. The number of carbonyl (C=O) groups excluding carboxylic acids is 2. The van der Waals surface area contributed by atoms with Gasteiger partial charge in [-0.2, -0.15) is 5.10 Å². The van der Waals surface area contributed by atoms with Crippen LogP contribution in [0.4, 0.5) is 0 Å². The quantitative estimate of drug-likeness (QED) is 0.786. The van der Waals surface area contributed by atoms with Gasteiger partial charge in [-0.05, 0) is 31.5 Å². The number of rotatable bonds is 4. The Labute approximate surface area is 132 Å². The molecule has 0 bridgehead atoms. The number of hydrogen-bond acceptors (Lipinski definition) is 5. The average Bonchev–Trinajstić information content (AvgIpc) is 2.85. The van der Waals surface area contributed by atoms with Gasteiger partial charge in [-0.15, -0.1) is 0 Å². The number of aromatic nitrogens is 4. The monoisotopic (exact) mass is 309 g/mol. The lowest BCUT2D eigenvalue weighted by atomic mass is 10.1. The zero-order valence-corrected chi connectivity index (χ0v) is 12.8. The van der Waals surface area contributed by atoms with Crippen LogP contribution >= 0.6 is 0 Å². The van der Waals surface area contributed by atoms with E-state index in [1.165, 1.54) is 11.6 Å². The van der Waals surface area contributed by atoms with Gasteiger partial charge in [0.15, 0.2) is 11.5 Å². The molecule has 7 heteroatoms. The van der Waals surface area contributed by atoms with Crippen LogP contribution in [0.15, 0.2) is 30.6 Å². The second-order valence-electron chi connectivity index (χ2n) is 5.32. The van der Waals surface area contributed by atoms with Crippen LogP contribution in [-0.2, 0) is 11.3 Å². The van der Waals surface area contributed by atoms with Gasteiger partial charge < -0.3 is 5.73 Å². The van der Waals surface area contributed by atoms with E-state index in [1.54, 1.807) is 12.4 Å². The van der Waals surface area contributed by atoms with Crippen molar-refractivity contribution in [2.75, 3.05) is 0 Å². The molecule has 0 fully saturated rings. The van der Waals surface area contributed by atoms with Crippen LogP contribution in [0.1, 0.15) is 23.2 Å². The fourth-order valence-corrected chi connectivity index (χ4v) is 2.41. The fourth-order valence-electron chi connectivity index (χ4n) is 2.41. The maximum absolute atomic E-state index is 11.6. The summed E-state index contributed by atoms with van der Waals surface area (Å²) < 4.78 is 1.49. The molecule has 1 amide bonds. The van der Waals surface area contributed by atoms with Crippen LogP contribution in [0.5, 0.6) is 0 Å². The summed E-state index contributed by atoms with van der Waals surface area (Å²) in [5.74, 6) is -0.00188. The van der Waals surface area contributed by atoms with E-state index >= 15 is 0 Å². The summed E-state index contributed by atoms with van der Waals surface area (Å²) in [6, 6.07) is 5.50. The predicted molar refractivity (Wildman–Crippen MR) is 84.7 cm³/mol. The summed E-state index contributed by atoms with van der Waals surface area (Å²) in [5.41, 5.74) is 7.92. The van der Waals surface area contributed by atoms with E-state index in [1.807, 2.05) is 25.1 Å². The summed E-state index contributed by atoms with van der Waals surface area (Å²) in [5, 5.41) is 4.78. The van der Waals surface area contributed by atoms with Gasteiger partial charge in [-0.1, -0.05) is 6.07 Å². The van der Waals surface area contributed by atoms with Gasteiger partial charge in [0.25, 0.3) is 5.91 Å². The van der Waals surface area contributed by atoms with Crippen LogP contribution in [0.2, 0.25) is 0 Å². The van der Waals surface area contributed by atoms with Gasteiger partial charge in [0, 0.05) is 23.3 Å². The SMILES string of the molecule is CC(=O)Cn1nc(C(N)=O)c2cc(-c3cnc(C)nc3)ccc21. The minimum Gasteiger partial charge on any atom is -0.364 e. The summed E-state index contributed by atoms with van der Waals surface area (Å²) >= 11 is 0. The molecule has 1 aromatic carbocycles. The van der Waals surface area contributed by atoms with Crippen molar-refractivity contribution in [3.63, 3.8) is 0 Å². The van der Waals surface area contributed by atoms with E-state index in [2.05, 4.69) is 15.1 Å². The van der Waals surface area contributed by atoms with Gasteiger partial charge in [-0.3, -0.25) is 14.3 Å². The van der Waals surface area contributed by atoms with Crippen molar-refractivity contribution >= 4 is 22.6 Å². The highest BCUT2D eigenvalue weighted by molar-refractivity contribution is 6.05. The molecule has 116 valence electrons. The smallest absolute Gasteiger partial charge is 0.269 e. The number of primary amides is 1. The molecule has 2 N–H and O–H groups in total. The Morgan fingerprint density at radius 3 is 2.48 bits per heavy atom. The number of ketones is 1. The zero-order chi connectivity index (χ0) is 16.6. The molecule has 0 unspecified atom stereocenters. The van der Waals surface area contributed by atoms with Crippen LogP contribution in [0.3, 0.4) is 0 Å². The number of hydrogen-bond donors (Lipinski definition) is 1. The van der Waals surface area contributed by atoms with E-state index in [-0.39, 0.29) is 18.0 Å². The Balaban J connectivity index is 2.18. The number of fused-ring (bicyclic) bond motifs is 1. The topological polar surface area (TPSA) is 104 Å². The predicted octanol–water partition coefficient (Wildman–Crippen LogP) is 1.49. The summed E-state index contributed by atoms with van der Waals surface area (Å²) in [6.45, 7) is 3.37. The molecule has 0 aliphatic rings. The van der Waals surface area contributed by atoms with E-state index in [0.717, 1.165) is 11.1 Å². The molecule has 0 aliphatic carbocycles. The Bertz CT molecular complexity index is 912. The number of amides is 1. The molecule has 23 heavy (non-hydrogen) atoms. The summed E-state index contributed by atoms with van der Waals surface area (Å²) in [4.78, 5) is 31.3. The van der Waals surface area contributed by atoms with Gasteiger partial charge in [0.05, 0.1) is 12.1 Å². The molecule has 0 saturated heterocycles. The Morgan fingerprint density at radius 2 is 1.87 bits per heavy atom. The van der Waals surface area contributed by atoms with E-state index in [4.69, 9.17) is 5.73 Å². The second-order valence-corrected chi connectivity index (χ2v) is 5.32. The van der Waals surface area contributed by atoms with E-state index in [0.29, 0.717) is 16.7 Å². The van der Waals surface area contributed by atoms with Crippen molar-refractivity contribution < 1.29 is 9.59 Å². The Hall–Kier alpha value is -3.09. The largest absolute Gasteiger partial charge is 0.364 e. The first-order valence-corrected chi connectivity index (χ1v) is 7.04. The molecule has 2 heterocycles. The van der Waals surface area contributed by atoms with Crippen molar-refractivity contribution in [2.24, 2.45) is 5.73 Å². The standard InChI is InChI=1S/C16H15N5O2/c1-9(22)8-21-14-4-3-11(12-6-18-10(2)19-7-12)5-13(14)15(20-21)16(17)23/h3-7H,8H2,1-2H3,(H2,17,23). The van der Waals surface area contributed by atoms with Crippen LogP contribution in [0.25, 0.3) is 22.0 Å². The maximum atomic E-state index is 11.6. The number of nitrogens with two attached hydrogens (primary N) is 1. The number of benzene rings is 1. The Morgan fingerprint density at radius 1 is 1.17 bits per heavy atom. The molecule has 0 atom stereocenters. The summed E-state index contributed by atoms with van der Waals surface area (Å²) in [7, 11) is 0. The highest BCUT2D eigenvalue weighted by Crippen LogP contribution is 2.26. The first-order chi connectivity index (χ1) is 11.0. The maximum Gasteiger partial charge on any atom is 0.269 e. The van der Waals surface area contributed by atoms with Crippen molar-refractivity contribution in [3.8, 4) is 11.1 Å². The van der Waals surface area contributed by atoms with Crippen molar-refractivity contribution in [1.82, 2.24) is 19.7 Å². The number of carbonyl (C=O) groups is 2. The fraction of sp³-hybridized carbons (Fsp3) is 0.188. The minimum atomic E-state index is -0.630. The lowest BCUT2D eigenvalue weighted by molar-refractivity contribution is -0.117. The number of nitrogens with zero attached hydrogens (tertiary/aromatic N) is 4. The van der Waals surface area contributed by atoms with Gasteiger partial charge >= 0.3 is 0 Å². The van der Waals surface area contributed by atoms with Crippen LogP contribution in [0, 0.1) is 6.92 Å². The lowest BCUT2D eigenvalue weighted by Crippen LogP contribution is -2.14. The highest BCUT2D eigenvalue weighted by atomic mass is 16.1. The van der Waals surface area contributed by atoms with Crippen molar-refractivity contribution in [1.29, 1.82) is 0 Å². The average molecular weight is 309 g/mol. The normalized spacial score (nSPS) is 10.9. The molecular formula is C16H15N5O2. The van der Waals surface area contributed by atoms with Crippen LogP contribution in [-0.4, -0.2) is 31.4 Å².